The molecule has 1 aromatic rings. The van der Waals surface area contributed by atoms with E-state index >= 15 is 0 Å². The number of nitrogens with one attached hydrogen (secondary N) is 1. The number of aldehydes is 1. The predicted octanol–water partition coefficient (Wildman–Crippen LogP) is 1.58. The second-order valence-corrected chi connectivity index (χ2v) is 5.52. The summed E-state index contributed by atoms with van der Waals surface area (Å²) in [6.45, 7) is 5.17. The second-order valence-electron chi connectivity index (χ2n) is 5.52. The van der Waals surface area contributed by atoms with Crippen LogP contribution in [0.1, 0.15) is 42.9 Å². The number of methoxy groups -OCH3 is 1. The number of aryl methyl sites for hydroxylation is 1. The normalized spacial score (nSPS) is 12.4. The quantitative estimate of drug-likeness (QED) is 0.673. The number of nitrogens with zero attached hydrogens (tertiary/aromatic N) is 1. The molecule has 1 atom stereocenters. The Kier molecular flexibility index (Phi) is 5.12. The molecule has 1 N–H and O–H groups in total. The Bertz CT molecular complexity index is 542. The number of ether oxygens (including phenoxy) is 2. The van der Waals surface area contributed by atoms with E-state index in [0.29, 0.717) is 11.8 Å². The molecule has 0 spiro atoms. The summed E-state index contributed by atoms with van der Waals surface area (Å²) >= 11 is 0. The summed E-state index contributed by atoms with van der Waals surface area (Å²) in [6.07, 6.45) is 1.44. The van der Waals surface area contributed by atoms with Gasteiger partial charge in [0.15, 0.2) is 0 Å². The van der Waals surface area contributed by atoms with Gasteiger partial charge in [0.2, 0.25) is 0 Å². The molecule has 7 heteroatoms. The Labute approximate surface area is 123 Å². The highest BCUT2D eigenvalue weighted by Gasteiger charge is 2.22. The van der Waals surface area contributed by atoms with Crippen molar-refractivity contribution in [1.29, 1.82) is 0 Å². The lowest BCUT2D eigenvalue weighted by Crippen LogP contribution is -2.35. The van der Waals surface area contributed by atoms with Crippen LogP contribution < -0.4 is 5.32 Å². The number of carbonyl (C=O) groups excluding carboxylic acids is 3. The van der Waals surface area contributed by atoms with Gasteiger partial charge in [-0.25, -0.2) is 9.59 Å². The molecular weight excluding hydrogens is 276 g/mol. The molecule has 0 aliphatic carbocycles. The Morgan fingerprint density at radius 1 is 1.38 bits per heavy atom. The zero-order valence-electron chi connectivity index (χ0n) is 12.8. The highest BCUT2D eigenvalue weighted by atomic mass is 16.6. The van der Waals surface area contributed by atoms with E-state index < -0.39 is 23.7 Å². The molecule has 0 aliphatic rings. The lowest BCUT2D eigenvalue weighted by molar-refractivity contribution is -0.109. The van der Waals surface area contributed by atoms with Crippen LogP contribution in [0.15, 0.2) is 12.3 Å². The Morgan fingerprint density at radius 3 is 2.48 bits per heavy atom. The number of hydrogen-bond acceptors (Lipinski definition) is 5. The first-order chi connectivity index (χ1) is 9.67. The van der Waals surface area contributed by atoms with Crippen LogP contribution in [-0.4, -0.2) is 35.6 Å². The zero-order valence-corrected chi connectivity index (χ0v) is 12.8. The fraction of sp³-hybridized carbons (Fsp3) is 0.500. The van der Waals surface area contributed by atoms with Crippen LogP contribution in [0.2, 0.25) is 0 Å². The maximum Gasteiger partial charge on any atom is 0.408 e. The molecule has 21 heavy (non-hydrogen) atoms. The van der Waals surface area contributed by atoms with E-state index in [0.717, 1.165) is 0 Å². The lowest BCUT2D eigenvalue weighted by atomic mass is 10.1. The fourth-order valence-corrected chi connectivity index (χ4v) is 1.70. The number of alkyl carbamates (subject to hydrolysis) is 1. The summed E-state index contributed by atoms with van der Waals surface area (Å²) in [5.74, 6) is -0.523. The zero-order chi connectivity index (χ0) is 16.2. The van der Waals surface area contributed by atoms with Crippen molar-refractivity contribution in [2.75, 3.05) is 7.11 Å². The minimum absolute atomic E-state index is 0.283. The number of carbonyl (C=O) groups is 3. The SMILES string of the molecule is COC(=O)c1cc(C(C=O)NC(=O)OC(C)(C)C)cn1C. The molecule has 1 rings (SSSR count). The molecule has 1 amide bonds. The minimum Gasteiger partial charge on any atom is -0.464 e. The number of rotatable bonds is 4. The fourth-order valence-electron chi connectivity index (χ4n) is 1.70. The van der Waals surface area contributed by atoms with Crippen molar-refractivity contribution in [1.82, 2.24) is 9.88 Å². The van der Waals surface area contributed by atoms with Gasteiger partial charge in [-0.1, -0.05) is 0 Å². The predicted molar refractivity (Wildman–Crippen MR) is 74.9 cm³/mol. The van der Waals surface area contributed by atoms with Gasteiger partial charge in [-0.15, -0.1) is 0 Å². The van der Waals surface area contributed by atoms with Crippen LogP contribution >= 0.6 is 0 Å². The van der Waals surface area contributed by atoms with Crippen LogP contribution in [0.3, 0.4) is 0 Å². The smallest absolute Gasteiger partial charge is 0.408 e. The van der Waals surface area contributed by atoms with Crippen LogP contribution in [0, 0.1) is 0 Å². The van der Waals surface area contributed by atoms with Crippen molar-refractivity contribution in [3.8, 4) is 0 Å². The maximum atomic E-state index is 11.7. The average molecular weight is 296 g/mol. The molecule has 0 saturated heterocycles. The molecule has 1 unspecified atom stereocenters. The standard InChI is InChI=1S/C14H20N2O5/c1-14(2,3)21-13(19)15-10(8-17)9-6-11(12(18)20-5)16(4)7-9/h6-8,10H,1-5H3,(H,15,19). The van der Waals surface area contributed by atoms with Gasteiger partial charge >= 0.3 is 12.1 Å². The summed E-state index contributed by atoms with van der Waals surface area (Å²) in [6, 6.07) is 0.590. The van der Waals surface area contributed by atoms with Crippen molar-refractivity contribution >= 4 is 18.3 Å². The molecule has 0 radical (unpaired) electrons. The van der Waals surface area contributed by atoms with E-state index in [1.54, 1.807) is 34.0 Å². The lowest BCUT2D eigenvalue weighted by Gasteiger charge is -2.21. The molecule has 7 nitrogen and oxygen atoms in total. The third-order valence-electron chi connectivity index (χ3n) is 2.59. The topological polar surface area (TPSA) is 86.6 Å². The van der Waals surface area contributed by atoms with Crippen molar-refractivity contribution in [3.63, 3.8) is 0 Å². The van der Waals surface area contributed by atoms with Crippen molar-refractivity contribution < 1.29 is 23.9 Å². The highest BCUT2D eigenvalue weighted by Crippen LogP contribution is 2.16. The minimum atomic E-state index is -0.899. The molecule has 0 bridgehead atoms. The molecular formula is C14H20N2O5. The first-order valence-corrected chi connectivity index (χ1v) is 6.37. The molecule has 0 saturated carbocycles. The van der Waals surface area contributed by atoms with E-state index in [9.17, 15) is 14.4 Å². The van der Waals surface area contributed by atoms with E-state index in [1.807, 2.05) is 0 Å². The third-order valence-corrected chi connectivity index (χ3v) is 2.59. The number of esters is 1. The van der Waals surface area contributed by atoms with Gasteiger partial charge in [-0.2, -0.15) is 0 Å². The Morgan fingerprint density at radius 2 is 2.00 bits per heavy atom. The number of amides is 1. The van der Waals surface area contributed by atoms with Crippen molar-refractivity contribution in [2.45, 2.75) is 32.4 Å². The molecule has 116 valence electrons. The van der Waals surface area contributed by atoms with Gasteiger partial charge in [0.25, 0.3) is 0 Å². The summed E-state index contributed by atoms with van der Waals surface area (Å²) in [5, 5.41) is 2.44. The van der Waals surface area contributed by atoms with Gasteiger partial charge in [0.1, 0.15) is 23.6 Å². The third kappa shape index (κ3) is 4.62. The molecule has 0 fully saturated rings. The number of hydrogen-bond donors (Lipinski definition) is 1. The highest BCUT2D eigenvalue weighted by molar-refractivity contribution is 5.88. The van der Waals surface area contributed by atoms with E-state index in [1.165, 1.54) is 17.7 Å². The van der Waals surface area contributed by atoms with Crippen LogP contribution in [-0.2, 0) is 21.3 Å². The monoisotopic (exact) mass is 296 g/mol. The van der Waals surface area contributed by atoms with E-state index in [4.69, 9.17) is 4.74 Å². The van der Waals surface area contributed by atoms with Crippen LogP contribution in [0.5, 0.6) is 0 Å². The molecule has 0 aliphatic heterocycles. The first-order valence-electron chi connectivity index (χ1n) is 6.37. The maximum absolute atomic E-state index is 11.7. The van der Waals surface area contributed by atoms with Gasteiger partial charge < -0.3 is 24.2 Å². The Hall–Kier alpha value is -2.31. The van der Waals surface area contributed by atoms with E-state index in [-0.39, 0.29) is 5.69 Å². The molecule has 1 heterocycles. The van der Waals surface area contributed by atoms with Gasteiger partial charge in [0, 0.05) is 18.8 Å². The van der Waals surface area contributed by atoms with Crippen molar-refractivity contribution in [3.05, 3.63) is 23.5 Å². The van der Waals surface area contributed by atoms with E-state index in [2.05, 4.69) is 10.1 Å². The summed E-state index contributed by atoms with van der Waals surface area (Å²) in [7, 11) is 2.91. The first kappa shape index (κ1) is 16.7. The summed E-state index contributed by atoms with van der Waals surface area (Å²) in [5.41, 5.74) is 0.0925. The molecule has 1 aromatic heterocycles. The average Bonchev–Trinajstić information content (AvgIpc) is 2.75. The number of aromatic nitrogens is 1. The summed E-state index contributed by atoms with van der Waals surface area (Å²) < 4.78 is 11.2. The van der Waals surface area contributed by atoms with Gasteiger partial charge in [0.05, 0.1) is 7.11 Å². The van der Waals surface area contributed by atoms with Gasteiger partial charge in [-0.3, -0.25) is 0 Å². The van der Waals surface area contributed by atoms with Crippen LogP contribution in [0.4, 0.5) is 4.79 Å². The van der Waals surface area contributed by atoms with Gasteiger partial charge in [-0.05, 0) is 26.8 Å². The molecule has 0 aromatic carbocycles. The van der Waals surface area contributed by atoms with Crippen LogP contribution in [0.25, 0.3) is 0 Å². The second kappa shape index (κ2) is 6.43. The summed E-state index contributed by atoms with van der Waals surface area (Å²) in [4.78, 5) is 34.4. The van der Waals surface area contributed by atoms with Crippen molar-refractivity contribution in [2.24, 2.45) is 7.05 Å². The Balaban J connectivity index is 2.89. The largest absolute Gasteiger partial charge is 0.464 e.